The fourth-order valence-corrected chi connectivity index (χ4v) is 0.770. The van der Waals surface area contributed by atoms with Gasteiger partial charge in [0, 0.05) is 6.61 Å². The minimum Gasteiger partial charge on any atom is -0.396 e. The quantitative estimate of drug-likeness (QED) is 0.588. The Bertz CT molecular complexity index is 134. The van der Waals surface area contributed by atoms with Crippen LogP contribution in [0.1, 0.15) is 26.2 Å². The standard InChI is InChI=1S/C9H16O2/c1-2-3-4-5-6-9(11)7-8-10/h2,4,9-11H,5-8H2,1H3/t3?,9-/m0/s1. The summed E-state index contributed by atoms with van der Waals surface area (Å²) in [6.45, 7) is 1.97. The van der Waals surface area contributed by atoms with Gasteiger partial charge >= 0.3 is 0 Å². The van der Waals surface area contributed by atoms with Crippen molar-refractivity contribution in [1.82, 2.24) is 0 Å². The minimum atomic E-state index is -0.366. The second kappa shape index (κ2) is 7.55. The van der Waals surface area contributed by atoms with E-state index in [4.69, 9.17) is 10.2 Å². The molecule has 0 amide bonds. The molecule has 2 nitrogen and oxygen atoms in total. The van der Waals surface area contributed by atoms with E-state index in [1.807, 2.05) is 19.1 Å². The average molecular weight is 156 g/mol. The van der Waals surface area contributed by atoms with Crippen LogP contribution in [0, 0.1) is 0 Å². The molecular weight excluding hydrogens is 140 g/mol. The third-order valence-electron chi connectivity index (χ3n) is 1.39. The summed E-state index contributed by atoms with van der Waals surface area (Å²) in [6.07, 6.45) is 5.37. The van der Waals surface area contributed by atoms with E-state index in [1.54, 1.807) is 0 Å². The van der Waals surface area contributed by atoms with E-state index in [-0.39, 0.29) is 12.7 Å². The van der Waals surface area contributed by atoms with Gasteiger partial charge in [0.25, 0.3) is 0 Å². The molecule has 2 heteroatoms. The molecule has 0 aliphatic rings. The van der Waals surface area contributed by atoms with Crippen molar-refractivity contribution in [3.63, 3.8) is 0 Å². The van der Waals surface area contributed by atoms with E-state index in [0.717, 1.165) is 6.42 Å². The molecule has 1 atom stereocenters. The molecule has 0 bridgehead atoms. The molecule has 64 valence electrons. The lowest BCUT2D eigenvalue weighted by molar-refractivity contribution is 0.126. The summed E-state index contributed by atoms with van der Waals surface area (Å²) in [4.78, 5) is 0. The summed E-state index contributed by atoms with van der Waals surface area (Å²) in [5, 5.41) is 17.6. The average Bonchev–Trinajstić information content (AvgIpc) is 1.99. The lowest BCUT2D eigenvalue weighted by Crippen LogP contribution is -2.07. The maximum atomic E-state index is 9.13. The topological polar surface area (TPSA) is 40.5 Å². The zero-order chi connectivity index (χ0) is 8.53. The fourth-order valence-electron chi connectivity index (χ4n) is 0.770. The van der Waals surface area contributed by atoms with Crippen LogP contribution < -0.4 is 0 Å². The number of rotatable bonds is 5. The molecule has 0 rings (SSSR count). The highest BCUT2D eigenvalue weighted by atomic mass is 16.3. The molecule has 0 unspecified atom stereocenters. The highest BCUT2D eigenvalue weighted by Gasteiger charge is 1.99. The van der Waals surface area contributed by atoms with Gasteiger partial charge in [-0.25, -0.2) is 0 Å². The second-order valence-electron chi connectivity index (χ2n) is 2.40. The Morgan fingerprint density at radius 1 is 1.45 bits per heavy atom. The minimum absolute atomic E-state index is 0.0640. The first-order valence-corrected chi connectivity index (χ1v) is 3.95. The predicted molar refractivity (Wildman–Crippen MR) is 45.3 cm³/mol. The van der Waals surface area contributed by atoms with Crippen molar-refractivity contribution in [3.05, 3.63) is 17.9 Å². The van der Waals surface area contributed by atoms with Crippen molar-refractivity contribution >= 4 is 0 Å². The monoisotopic (exact) mass is 156 g/mol. The highest BCUT2D eigenvalue weighted by molar-refractivity contribution is 4.82. The highest BCUT2D eigenvalue weighted by Crippen LogP contribution is 2.00. The Balaban J connectivity index is 3.30. The summed E-state index contributed by atoms with van der Waals surface area (Å²) in [6, 6.07) is 0. The molecule has 0 aliphatic heterocycles. The molecule has 0 aromatic rings. The summed E-state index contributed by atoms with van der Waals surface area (Å²) in [7, 11) is 0. The van der Waals surface area contributed by atoms with Gasteiger partial charge in [-0.2, -0.15) is 0 Å². The van der Waals surface area contributed by atoms with E-state index >= 15 is 0 Å². The molecule has 0 aliphatic carbocycles. The second-order valence-corrected chi connectivity index (χ2v) is 2.40. The van der Waals surface area contributed by atoms with E-state index in [0.29, 0.717) is 12.8 Å². The van der Waals surface area contributed by atoms with Crippen LogP contribution in [-0.4, -0.2) is 22.9 Å². The largest absolute Gasteiger partial charge is 0.396 e. The number of hydrogen-bond acceptors (Lipinski definition) is 2. The summed E-state index contributed by atoms with van der Waals surface area (Å²) in [5.41, 5.74) is 2.92. The Morgan fingerprint density at radius 3 is 2.73 bits per heavy atom. The first-order chi connectivity index (χ1) is 5.31. The molecular formula is C9H16O2. The van der Waals surface area contributed by atoms with E-state index < -0.39 is 0 Å². The maximum absolute atomic E-state index is 9.13. The van der Waals surface area contributed by atoms with Crippen molar-refractivity contribution in [3.8, 4) is 0 Å². The number of hydrogen-bond donors (Lipinski definition) is 2. The van der Waals surface area contributed by atoms with Gasteiger partial charge in [0.15, 0.2) is 0 Å². The van der Waals surface area contributed by atoms with Gasteiger partial charge in [-0.1, -0.05) is 0 Å². The molecule has 0 spiro atoms. The number of aliphatic hydroxyl groups excluding tert-OH is 2. The molecule has 11 heavy (non-hydrogen) atoms. The van der Waals surface area contributed by atoms with Crippen LogP contribution in [-0.2, 0) is 0 Å². The van der Waals surface area contributed by atoms with Crippen LogP contribution in [0.15, 0.2) is 17.9 Å². The molecule has 2 N–H and O–H groups in total. The zero-order valence-corrected chi connectivity index (χ0v) is 6.95. The van der Waals surface area contributed by atoms with Gasteiger partial charge in [-0.05, 0) is 38.3 Å². The fraction of sp³-hybridized carbons (Fsp3) is 0.667. The van der Waals surface area contributed by atoms with Gasteiger partial charge in [-0.3, -0.25) is 0 Å². The van der Waals surface area contributed by atoms with Crippen LogP contribution in [0.25, 0.3) is 0 Å². The molecule has 0 fully saturated rings. The lowest BCUT2D eigenvalue weighted by atomic mass is 10.1. The van der Waals surface area contributed by atoms with E-state index in [2.05, 4.69) is 5.73 Å². The number of aliphatic hydroxyl groups is 2. The summed E-state index contributed by atoms with van der Waals surface area (Å²) < 4.78 is 0. The van der Waals surface area contributed by atoms with Gasteiger partial charge in [0.2, 0.25) is 0 Å². The van der Waals surface area contributed by atoms with Gasteiger partial charge in [0.1, 0.15) is 0 Å². The zero-order valence-electron chi connectivity index (χ0n) is 6.95. The molecule has 0 saturated heterocycles. The van der Waals surface area contributed by atoms with Gasteiger partial charge < -0.3 is 10.2 Å². The predicted octanol–water partition coefficient (Wildman–Crippen LogP) is 1.24. The van der Waals surface area contributed by atoms with Crippen LogP contribution in [0.2, 0.25) is 0 Å². The van der Waals surface area contributed by atoms with Crippen molar-refractivity contribution in [2.75, 3.05) is 6.61 Å². The summed E-state index contributed by atoms with van der Waals surface area (Å²) in [5.74, 6) is 0. The maximum Gasteiger partial charge on any atom is 0.0565 e. The Morgan fingerprint density at radius 2 is 2.18 bits per heavy atom. The van der Waals surface area contributed by atoms with Crippen molar-refractivity contribution in [1.29, 1.82) is 0 Å². The van der Waals surface area contributed by atoms with Crippen LogP contribution in [0.3, 0.4) is 0 Å². The molecule has 0 aromatic carbocycles. The normalized spacial score (nSPS) is 11.9. The molecule has 0 radical (unpaired) electrons. The first-order valence-electron chi connectivity index (χ1n) is 3.95. The summed E-state index contributed by atoms with van der Waals surface area (Å²) >= 11 is 0. The van der Waals surface area contributed by atoms with Crippen molar-refractivity contribution < 1.29 is 10.2 Å². The van der Waals surface area contributed by atoms with Gasteiger partial charge in [-0.15, -0.1) is 5.73 Å². The SMILES string of the molecule is CC=C=CCC[C@H](O)CCO. The van der Waals surface area contributed by atoms with Crippen molar-refractivity contribution in [2.45, 2.75) is 32.3 Å². The third kappa shape index (κ3) is 7.34. The third-order valence-corrected chi connectivity index (χ3v) is 1.39. The number of allylic oxidation sites excluding steroid dienone is 1. The molecule has 0 heterocycles. The van der Waals surface area contributed by atoms with Crippen LogP contribution >= 0.6 is 0 Å². The van der Waals surface area contributed by atoms with Crippen LogP contribution in [0.4, 0.5) is 0 Å². The van der Waals surface area contributed by atoms with E-state index in [9.17, 15) is 0 Å². The Kier molecular flexibility index (Phi) is 7.16. The first kappa shape index (κ1) is 10.4. The van der Waals surface area contributed by atoms with Crippen molar-refractivity contribution in [2.24, 2.45) is 0 Å². The molecule has 0 saturated carbocycles. The Hall–Kier alpha value is -0.560. The van der Waals surface area contributed by atoms with E-state index in [1.165, 1.54) is 0 Å². The molecule has 0 aromatic heterocycles. The Labute approximate surface area is 67.9 Å². The van der Waals surface area contributed by atoms with Crippen LogP contribution in [0.5, 0.6) is 0 Å². The smallest absolute Gasteiger partial charge is 0.0565 e. The lowest BCUT2D eigenvalue weighted by Gasteiger charge is -2.04. The van der Waals surface area contributed by atoms with Gasteiger partial charge in [0.05, 0.1) is 6.10 Å².